The van der Waals surface area contributed by atoms with E-state index in [0.717, 1.165) is 25.7 Å². The molecule has 1 atom stereocenters. The van der Waals surface area contributed by atoms with Crippen LogP contribution in [0.3, 0.4) is 0 Å². The van der Waals surface area contributed by atoms with Crippen LogP contribution in [0.1, 0.15) is 214 Å². The van der Waals surface area contributed by atoms with Gasteiger partial charge in [0.05, 0.1) is 0 Å². The van der Waals surface area contributed by atoms with Gasteiger partial charge in [0.25, 0.3) is 0 Å². The quantitative estimate of drug-likeness (QED) is 0.0654. The fourth-order valence-electron chi connectivity index (χ4n) is 6.43. The summed E-state index contributed by atoms with van der Waals surface area (Å²) in [6.07, 6.45) is 35.2. The van der Waals surface area contributed by atoms with Gasteiger partial charge in [-0.05, 0) is 26.2 Å². The third-order valence-corrected chi connectivity index (χ3v) is 9.34. The second kappa shape index (κ2) is 28.4. The van der Waals surface area contributed by atoms with E-state index in [1.807, 2.05) is 13.8 Å². The molecule has 3 nitrogen and oxygen atoms in total. The highest BCUT2D eigenvalue weighted by Gasteiger charge is 2.45. The lowest BCUT2D eigenvalue weighted by Crippen LogP contribution is -2.51. The molecule has 2 N–H and O–H groups in total. The Morgan fingerprint density at radius 1 is 0.450 bits per heavy atom. The lowest BCUT2D eigenvalue weighted by molar-refractivity contribution is -0.142. The highest BCUT2D eigenvalue weighted by molar-refractivity contribution is 6.07. The molecule has 0 aliphatic heterocycles. The molecule has 238 valence electrons. The van der Waals surface area contributed by atoms with Crippen molar-refractivity contribution in [3.05, 3.63) is 0 Å². The van der Waals surface area contributed by atoms with Crippen LogP contribution >= 0.6 is 0 Å². The molecular weight excluding hydrogens is 490 g/mol. The summed E-state index contributed by atoms with van der Waals surface area (Å²) in [6.45, 7) is 8.39. The van der Waals surface area contributed by atoms with Gasteiger partial charge in [-0.2, -0.15) is 0 Å². The summed E-state index contributed by atoms with van der Waals surface area (Å²) in [7, 11) is 0. The van der Waals surface area contributed by atoms with E-state index >= 15 is 0 Å². The van der Waals surface area contributed by atoms with Gasteiger partial charge >= 0.3 is 0 Å². The number of hydrogen-bond donors (Lipinski definition) is 1. The van der Waals surface area contributed by atoms with E-state index in [4.69, 9.17) is 5.73 Å². The molecule has 0 fully saturated rings. The van der Waals surface area contributed by atoms with Crippen LogP contribution in [0, 0.1) is 5.41 Å². The molecule has 0 aromatic heterocycles. The fraction of sp³-hybridized carbons (Fsp3) is 0.946. The smallest absolute Gasteiger partial charge is 0.147 e. The van der Waals surface area contributed by atoms with E-state index in [1.165, 1.54) is 141 Å². The SMILES string of the molecule is CCCCCCCCCCCCCCCC(=O)C(CC)(C(=O)CCCCCCCCCCCCCCC)C(C)N. The van der Waals surface area contributed by atoms with Crippen LogP contribution in [0.15, 0.2) is 0 Å². The highest BCUT2D eigenvalue weighted by Crippen LogP contribution is 2.33. The van der Waals surface area contributed by atoms with Crippen LogP contribution in [0.2, 0.25) is 0 Å². The molecule has 0 aromatic carbocycles. The Bertz CT molecular complexity index is 529. The molecule has 0 saturated carbocycles. The predicted octanol–water partition coefficient (Wildman–Crippen LogP) is 11.8. The minimum atomic E-state index is -0.964. The van der Waals surface area contributed by atoms with Gasteiger partial charge in [0.15, 0.2) is 0 Å². The average molecular weight is 564 g/mol. The molecule has 0 heterocycles. The van der Waals surface area contributed by atoms with Crippen LogP contribution < -0.4 is 5.73 Å². The molecule has 0 aromatic rings. The number of carbonyl (C=O) groups excluding carboxylic acids is 2. The average Bonchev–Trinajstić information content (AvgIpc) is 2.94. The van der Waals surface area contributed by atoms with Crippen molar-refractivity contribution in [3.8, 4) is 0 Å². The van der Waals surface area contributed by atoms with Gasteiger partial charge < -0.3 is 5.73 Å². The number of hydrogen-bond acceptors (Lipinski definition) is 3. The van der Waals surface area contributed by atoms with Gasteiger partial charge in [-0.3, -0.25) is 9.59 Å². The van der Waals surface area contributed by atoms with Crippen molar-refractivity contribution in [2.24, 2.45) is 11.1 Å². The summed E-state index contributed by atoms with van der Waals surface area (Å²) in [6, 6.07) is -0.401. The molecule has 0 spiro atoms. The Balaban J connectivity index is 4.01. The third-order valence-electron chi connectivity index (χ3n) is 9.34. The monoisotopic (exact) mass is 564 g/mol. The number of ketones is 2. The number of unbranched alkanes of at least 4 members (excludes halogenated alkanes) is 24. The van der Waals surface area contributed by atoms with Crippen molar-refractivity contribution in [2.75, 3.05) is 0 Å². The lowest BCUT2D eigenvalue weighted by Gasteiger charge is -2.34. The van der Waals surface area contributed by atoms with Crippen molar-refractivity contribution in [1.29, 1.82) is 0 Å². The Morgan fingerprint density at radius 2 is 0.675 bits per heavy atom. The van der Waals surface area contributed by atoms with E-state index in [2.05, 4.69) is 13.8 Å². The van der Waals surface area contributed by atoms with Crippen molar-refractivity contribution >= 4 is 11.6 Å². The molecule has 0 radical (unpaired) electrons. The van der Waals surface area contributed by atoms with Crippen molar-refractivity contribution in [1.82, 2.24) is 0 Å². The minimum absolute atomic E-state index is 0.104. The highest BCUT2D eigenvalue weighted by atomic mass is 16.2. The van der Waals surface area contributed by atoms with E-state index < -0.39 is 11.5 Å². The Hall–Kier alpha value is -0.700. The predicted molar refractivity (Wildman–Crippen MR) is 177 cm³/mol. The van der Waals surface area contributed by atoms with E-state index in [9.17, 15) is 9.59 Å². The summed E-state index contributed by atoms with van der Waals surface area (Å²) in [5, 5.41) is 0. The number of carbonyl (C=O) groups is 2. The van der Waals surface area contributed by atoms with Crippen molar-refractivity contribution in [3.63, 3.8) is 0 Å². The topological polar surface area (TPSA) is 60.2 Å². The molecule has 1 unspecified atom stereocenters. The van der Waals surface area contributed by atoms with E-state index in [0.29, 0.717) is 19.3 Å². The first-order valence-electron chi connectivity index (χ1n) is 18.3. The van der Waals surface area contributed by atoms with Gasteiger partial charge in [-0.15, -0.1) is 0 Å². The van der Waals surface area contributed by atoms with Gasteiger partial charge in [0.1, 0.15) is 17.0 Å². The van der Waals surface area contributed by atoms with Crippen LogP contribution in [-0.4, -0.2) is 17.6 Å². The molecule has 0 aliphatic carbocycles. The maximum Gasteiger partial charge on any atom is 0.147 e. The van der Waals surface area contributed by atoms with Crippen LogP contribution in [-0.2, 0) is 9.59 Å². The Kier molecular flexibility index (Phi) is 27.9. The summed E-state index contributed by atoms with van der Waals surface area (Å²) in [5.41, 5.74) is 5.37. The standard InChI is InChI=1S/C37H73NO2/c1-5-8-10-12-14-16-18-20-22-24-26-28-30-32-35(39)37(7-3,34(4)38)36(40)33-31-29-27-25-23-21-19-17-15-13-11-9-6-2/h34H,5-33,38H2,1-4H3. The van der Waals surface area contributed by atoms with Crippen LogP contribution in [0.25, 0.3) is 0 Å². The molecule has 3 heteroatoms. The molecule has 0 amide bonds. The molecule has 40 heavy (non-hydrogen) atoms. The number of Topliss-reactive ketones (excluding diaryl/α,β-unsaturated/α-hetero) is 2. The second-order valence-electron chi connectivity index (χ2n) is 12.9. The Labute approximate surface area is 252 Å². The van der Waals surface area contributed by atoms with E-state index in [-0.39, 0.29) is 11.6 Å². The lowest BCUT2D eigenvalue weighted by atomic mass is 9.69. The van der Waals surface area contributed by atoms with Gasteiger partial charge in [-0.1, -0.05) is 175 Å². The summed E-state index contributed by atoms with van der Waals surface area (Å²) >= 11 is 0. The van der Waals surface area contributed by atoms with Crippen LogP contribution in [0.4, 0.5) is 0 Å². The molecule has 0 saturated heterocycles. The summed E-state index contributed by atoms with van der Waals surface area (Å²) in [5.74, 6) is 0.209. The van der Waals surface area contributed by atoms with Crippen molar-refractivity contribution < 1.29 is 9.59 Å². The zero-order chi connectivity index (χ0) is 29.7. The summed E-state index contributed by atoms with van der Waals surface area (Å²) < 4.78 is 0. The molecular formula is C37H73NO2. The number of nitrogens with two attached hydrogens (primary N) is 1. The van der Waals surface area contributed by atoms with E-state index in [1.54, 1.807) is 0 Å². The third kappa shape index (κ3) is 19.4. The van der Waals surface area contributed by atoms with Crippen molar-refractivity contribution in [2.45, 2.75) is 220 Å². The second-order valence-corrected chi connectivity index (χ2v) is 12.9. The van der Waals surface area contributed by atoms with Gasteiger partial charge in [0.2, 0.25) is 0 Å². The van der Waals surface area contributed by atoms with Crippen LogP contribution in [0.5, 0.6) is 0 Å². The largest absolute Gasteiger partial charge is 0.327 e. The molecule has 0 bridgehead atoms. The minimum Gasteiger partial charge on any atom is -0.327 e. The molecule has 0 rings (SSSR count). The van der Waals surface area contributed by atoms with Gasteiger partial charge in [-0.25, -0.2) is 0 Å². The Morgan fingerprint density at radius 3 is 0.875 bits per heavy atom. The number of rotatable bonds is 32. The maximum atomic E-state index is 13.3. The van der Waals surface area contributed by atoms with Gasteiger partial charge in [0, 0.05) is 18.9 Å². The molecule has 0 aliphatic rings. The maximum absolute atomic E-state index is 13.3. The zero-order valence-corrected chi connectivity index (χ0v) is 28.0. The normalized spacial score (nSPS) is 12.6. The summed E-state index contributed by atoms with van der Waals surface area (Å²) in [4.78, 5) is 26.6. The first-order valence-corrected chi connectivity index (χ1v) is 18.3. The first-order chi connectivity index (χ1) is 19.5. The first kappa shape index (κ1) is 39.3. The zero-order valence-electron chi connectivity index (χ0n) is 28.0. The fourth-order valence-corrected chi connectivity index (χ4v) is 6.43.